The monoisotopic (exact) mass is 351 g/mol. The van der Waals surface area contributed by atoms with Gasteiger partial charge in [-0.3, -0.25) is 4.79 Å². The first kappa shape index (κ1) is 19.4. The Morgan fingerprint density at radius 1 is 1.04 bits per heavy atom. The van der Waals surface area contributed by atoms with E-state index in [1.807, 2.05) is 49.4 Å². The number of hydrogen-bond donors (Lipinski definition) is 1. The minimum absolute atomic E-state index is 0.0113. The number of nitrogens with one attached hydrogen (secondary N) is 1. The van der Waals surface area contributed by atoms with Crippen molar-refractivity contribution in [3.63, 3.8) is 0 Å². The molecule has 0 heterocycles. The van der Waals surface area contributed by atoms with E-state index in [0.29, 0.717) is 19.6 Å². The Morgan fingerprint density at radius 3 is 2.46 bits per heavy atom. The molecule has 1 N–H and O–H groups in total. The number of amides is 1. The zero-order valence-corrected chi connectivity index (χ0v) is 15.4. The molecule has 0 saturated heterocycles. The van der Waals surface area contributed by atoms with Crippen LogP contribution in [0.1, 0.15) is 23.1 Å². The summed E-state index contributed by atoms with van der Waals surface area (Å²) in [5.41, 5.74) is 3.54. The Kier molecular flexibility index (Phi) is 7.57. The minimum Gasteiger partial charge on any atom is -0.493 e. The lowest BCUT2D eigenvalue weighted by Gasteiger charge is -2.09. The fraction of sp³-hybridized carbons (Fsp3) is 0.318. The van der Waals surface area contributed by atoms with Gasteiger partial charge in [0.15, 0.2) is 0 Å². The van der Waals surface area contributed by atoms with Crippen molar-refractivity contribution in [3.05, 3.63) is 59.2 Å². The summed E-state index contributed by atoms with van der Waals surface area (Å²) < 4.78 is 11.0. The Morgan fingerprint density at radius 2 is 1.77 bits per heavy atom. The molecule has 0 saturated carbocycles. The predicted molar refractivity (Wildman–Crippen MR) is 104 cm³/mol. The van der Waals surface area contributed by atoms with Crippen molar-refractivity contribution in [2.24, 2.45) is 0 Å². The van der Waals surface area contributed by atoms with Gasteiger partial charge >= 0.3 is 0 Å². The normalized spacial score (nSPS) is 10.0. The van der Waals surface area contributed by atoms with Gasteiger partial charge in [0.2, 0.25) is 5.91 Å². The lowest BCUT2D eigenvalue weighted by Crippen LogP contribution is -2.27. The molecule has 0 atom stereocenters. The van der Waals surface area contributed by atoms with Crippen LogP contribution < -0.4 is 14.8 Å². The minimum atomic E-state index is -0.0113. The second-order valence-electron chi connectivity index (χ2n) is 6.08. The molecule has 136 valence electrons. The van der Waals surface area contributed by atoms with Crippen LogP contribution in [0.15, 0.2) is 42.5 Å². The van der Waals surface area contributed by atoms with E-state index in [1.165, 1.54) is 11.1 Å². The van der Waals surface area contributed by atoms with Gasteiger partial charge in [-0.1, -0.05) is 24.1 Å². The largest absolute Gasteiger partial charge is 0.493 e. The number of terminal acetylenes is 1. The van der Waals surface area contributed by atoms with Crippen LogP contribution in [-0.4, -0.2) is 25.7 Å². The third-order valence-electron chi connectivity index (χ3n) is 4.06. The highest BCUT2D eigenvalue weighted by Gasteiger charge is 2.03. The summed E-state index contributed by atoms with van der Waals surface area (Å²) >= 11 is 0. The summed E-state index contributed by atoms with van der Waals surface area (Å²) in [7, 11) is 0. The number of carbonyl (C=O) groups excluding carboxylic acids is 1. The number of hydrogen-bond acceptors (Lipinski definition) is 3. The Bertz CT molecular complexity index is 760. The average molecular weight is 351 g/mol. The Balaban J connectivity index is 1.64. The van der Waals surface area contributed by atoms with Gasteiger partial charge in [0.25, 0.3) is 0 Å². The van der Waals surface area contributed by atoms with E-state index in [-0.39, 0.29) is 12.5 Å². The van der Waals surface area contributed by atoms with Crippen LogP contribution in [0.4, 0.5) is 0 Å². The number of aryl methyl sites for hydroxylation is 2. The van der Waals surface area contributed by atoms with Crippen molar-refractivity contribution in [3.8, 4) is 23.8 Å². The van der Waals surface area contributed by atoms with Crippen molar-refractivity contribution in [1.82, 2.24) is 5.32 Å². The van der Waals surface area contributed by atoms with Crippen molar-refractivity contribution >= 4 is 5.91 Å². The highest BCUT2D eigenvalue weighted by atomic mass is 16.5. The third kappa shape index (κ3) is 6.52. The molecule has 0 unspecified atom stereocenters. The summed E-state index contributed by atoms with van der Waals surface area (Å²) in [6.07, 6.45) is 6.26. The van der Waals surface area contributed by atoms with E-state index in [9.17, 15) is 4.79 Å². The fourth-order valence-corrected chi connectivity index (χ4v) is 2.38. The number of rotatable bonds is 9. The Labute approximate surface area is 155 Å². The molecule has 0 fully saturated rings. The molecule has 0 bridgehead atoms. The first-order valence-corrected chi connectivity index (χ1v) is 8.70. The molecule has 2 aromatic carbocycles. The van der Waals surface area contributed by atoms with Gasteiger partial charge < -0.3 is 14.8 Å². The molecule has 0 radical (unpaired) electrons. The second-order valence-corrected chi connectivity index (χ2v) is 6.08. The summed E-state index contributed by atoms with van der Waals surface area (Å²) in [4.78, 5) is 11.9. The molecule has 0 spiro atoms. The second kappa shape index (κ2) is 10.1. The van der Waals surface area contributed by atoms with E-state index in [2.05, 4.69) is 18.2 Å². The van der Waals surface area contributed by atoms with Gasteiger partial charge in [0.1, 0.15) is 18.1 Å². The summed E-state index contributed by atoms with van der Waals surface area (Å²) in [5, 5.41) is 2.91. The van der Waals surface area contributed by atoms with E-state index in [1.54, 1.807) is 0 Å². The zero-order chi connectivity index (χ0) is 18.8. The van der Waals surface area contributed by atoms with Crippen molar-refractivity contribution in [2.75, 3.05) is 19.8 Å². The first-order valence-electron chi connectivity index (χ1n) is 8.70. The molecule has 4 nitrogen and oxygen atoms in total. The topological polar surface area (TPSA) is 47.6 Å². The Hall–Kier alpha value is -2.93. The molecule has 0 aromatic heterocycles. The van der Waals surface area contributed by atoms with Crippen LogP contribution in [0.3, 0.4) is 0 Å². The van der Waals surface area contributed by atoms with E-state index < -0.39 is 0 Å². The molecular weight excluding hydrogens is 326 g/mol. The van der Waals surface area contributed by atoms with Crippen molar-refractivity contribution in [1.29, 1.82) is 0 Å². The van der Waals surface area contributed by atoms with Crippen LogP contribution in [-0.2, 0) is 11.2 Å². The van der Waals surface area contributed by atoms with Crippen LogP contribution >= 0.6 is 0 Å². The zero-order valence-electron chi connectivity index (χ0n) is 15.4. The predicted octanol–water partition coefficient (Wildman–Crippen LogP) is 3.44. The van der Waals surface area contributed by atoms with Crippen molar-refractivity contribution in [2.45, 2.75) is 26.7 Å². The smallest absolute Gasteiger partial charge is 0.223 e. The van der Waals surface area contributed by atoms with Gasteiger partial charge in [-0.2, -0.15) is 0 Å². The maximum atomic E-state index is 11.9. The fourth-order valence-electron chi connectivity index (χ4n) is 2.38. The molecule has 0 aliphatic carbocycles. The quantitative estimate of drug-likeness (QED) is 0.704. The van der Waals surface area contributed by atoms with Crippen LogP contribution in [0.2, 0.25) is 0 Å². The highest BCUT2D eigenvalue weighted by molar-refractivity contribution is 5.76. The van der Waals surface area contributed by atoms with Gasteiger partial charge in [-0.15, -0.1) is 6.42 Å². The molecule has 26 heavy (non-hydrogen) atoms. The standard InChI is InChI=1S/C22H25NO3/c1-4-14-25-20-9-6-19(7-10-20)11-13-23-22(24)12-15-26-21-8-5-17(2)18(3)16-21/h1,5-10,16H,11-15H2,2-3H3,(H,23,24). The first-order chi connectivity index (χ1) is 12.6. The van der Waals surface area contributed by atoms with E-state index in [4.69, 9.17) is 15.9 Å². The molecule has 2 rings (SSSR count). The third-order valence-corrected chi connectivity index (χ3v) is 4.06. The molecule has 0 aliphatic rings. The number of carbonyl (C=O) groups is 1. The molecule has 2 aromatic rings. The summed E-state index contributed by atoms with van der Waals surface area (Å²) in [5.74, 6) is 3.97. The van der Waals surface area contributed by atoms with E-state index in [0.717, 1.165) is 23.5 Å². The molecular formula is C22H25NO3. The van der Waals surface area contributed by atoms with Crippen LogP contribution in [0, 0.1) is 26.2 Å². The van der Waals surface area contributed by atoms with E-state index >= 15 is 0 Å². The van der Waals surface area contributed by atoms with Crippen LogP contribution in [0.25, 0.3) is 0 Å². The maximum Gasteiger partial charge on any atom is 0.223 e. The lowest BCUT2D eigenvalue weighted by molar-refractivity contribution is -0.121. The van der Waals surface area contributed by atoms with Gasteiger partial charge in [-0.05, 0) is 61.2 Å². The van der Waals surface area contributed by atoms with Gasteiger partial charge in [0.05, 0.1) is 13.0 Å². The lowest BCUT2D eigenvalue weighted by atomic mass is 10.1. The van der Waals surface area contributed by atoms with Crippen LogP contribution in [0.5, 0.6) is 11.5 Å². The van der Waals surface area contributed by atoms with Gasteiger partial charge in [-0.25, -0.2) is 0 Å². The highest BCUT2D eigenvalue weighted by Crippen LogP contribution is 2.16. The number of benzene rings is 2. The SMILES string of the molecule is C#CCOc1ccc(CCNC(=O)CCOc2ccc(C)c(C)c2)cc1. The summed E-state index contributed by atoms with van der Waals surface area (Å²) in [6.45, 7) is 5.33. The van der Waals surface area contributed by atoms with Gasteiger partial charge in [0, 0.05) is 6.54 Å². The number of ether oxygens (including phenoxy) is 2. The average Bonchev–Trinajstić information content (AvgIpc) is 2.64. The summed E-state index contributed by atoms with van der Waals surface area (Å²) in [6, 6.07) is 13.6. The maximum absolute atomic E-state index is 11.9. The van der Waals surface area contributed by atoms with Crippen molar-refractivity contribution < 1.29 is 14.3 Å². The molecule has 4 heteroatoms. The molecule has 0 aliphatic heterocycles. The molecule has 1 amide bonds.